The Balaban J connectivity index is 1.58. The summed E-state index contributed by atoms with van der Waals surface area (Å²) in [5.41, 5.74) is 4.49. The fourth-order valence-corrected chi connectivity index (χ4v) is 4.38. The van der Waals surface area contributed by atoms with Crippen molar-refractivity contribution in [3.8, 4) is 0 Å². The molecule has 0 unspecified atom stereocenters. The van der Waals surface area contributed by atoms with Crippen LogP contribution in [0.5, 0.6) is 0 Å². The largest absolute Gasteiger partial charge is 0.296 e. The molecule has 1 nitrogen and oxygen atoms in total. The van der Waals surface area contributed by atoms with Crippen LogP contribution in [0.15, 0.2) is 48.5 Å². The SMILES string of the molecule is Clc1cccc(CN2C[C@H]3CC[C@@H]2Cc2ccccc2C3)c1. The van der Waals surface area contributed by atoms with E-state index in [0.29, 0.717) is 6.04 Å². The minimum Gasteiger partial charge on any atom is -0.296 e. The van der Waals surface area contributed by atoms with Gasteiger partial charge >= 0.3 is 0 Å². The van der Waals surface area contributed by atoms with Crippen molar-refractivity contribution in [2.45, 2.75) is 38.3 Å². The number of piperidine rings is 1. The van der Waals surface area contributed by atoms with E-state index in [1.165, 1.54) is 37.8 Å². The van der Waals surface area contributed by atoms with Crippen molar-refractivity contribution in [2.75, 3.05) is 6.54 Å². The topological polar surface area (TPSA) is 3.24 Å². The van der Waals surface area contributed by atoms with E-state index in [1.807, 2.05) is 6.07 Å². The van der Waals surface area contributed by atoms with Crippen LogP contribution < -0.4 is 0 Å². The lowest BCUT2D eigenvalue weighted by atomic mass is 9.80. The maximum atomic E-state index is 6.15. The summed E-state index contributed by atoms with van der Waals surface area (Å²) in [5, 5.41) is 0.847. The molecule has 0 aromatic heterocycles. The number of fused-ring (bicyclic) bond motifs is 2. The van der Waals surface area contributed by atoms with E-state index < -0.39 is 0 Å². The van der Waals surface area contributed by atoms with Gasteiger partial charge < -0.3 is 0 Å². The van der Waals surface area contributed by atoms with E-state index in [9.17, 15) is 0 Å². The second kappa shape index (κ2) is 6.06. The number of benzene rings is 2. The van der Waals surface area contributed by atoms with Gasteiger partial charge in [-0.15, -0.1) is 0 Å². The van der Waals surface area contributed by atoms with Crippen LogP contribution in [-0.2, 0) is 19.4 Å². The molecule has 3 aliphatic rings. The first-order valence-electron chi connectivity index (χ1n) is 8.33. The van der Waals surface area contributed by atoms with Crippen molar-refractivity contribution in [2.24, 2.45) is 5.92 Å². The van der Waals surface area contributed by atoms with Crippen LogP contribution in [0.1, 0.15) is 29.5 Å². The zero-order chi connectivity index (χ0) is 14.9. The Bertz CT molecular complexity index is 666. The highest BCUT2D eigenvalue weighted by Crippen LogP contribution is 2.33. The number of hydrogen-bond acceptors (Lipinski definition) is 1. The third-order valence-electron chi connectivity index (χ3n) is 5.27. The highest BCUT2D eigenvalue weighted by molar-refractivity contribution is 6.30. The molecule has 2 bridgehead atoms. The molecule has 2 heteroatoms. The van der Waals surface area contributed by atoms with Crippen molar-refractivity contribution in [1.29, 1.82) is 0 Å². The molecule has 22 heavy (non-hydrogen) atoms. The Morgan fingerprint density at radius 2 is 1.77 bits per heavy atom. The van der Waals surface area contributed by atoms with E-state index in [2.05, 4.69) is 47.4 Å². The van der Waals surface area contributed by atoms with Crippen LogP contribution in [0.2, 0.25) is 5.02 Å². The average Bonchev–Trinajstić information content (AvgIpc) is 2.48. The smallest absolute Gasteiger partial charge is 0.0409 e. The van der Waals surface area contributed by atoms with Gasteiger partial charge in [0.15, 0.2) is 0 Å². The van der Waals surface area contributed by atoms with Gasteiger partial charge in [0, 0.05) is 24.2 Å². The summed E-state index contributed by atoms with van der Waals surface area (Å²) >= 11 is 6.15. The molecule has 0 N–H and O–H groups in total. The summed E-state index contributed by atoms with van der Waals surface area (Å²) in [6.45, 7) is 2.26. The zero-order valence-corrected chi connectivity index (χ0v) is 13.6. The van der Waals surface area contributed by atoms with Gasteiger partial charge in [0.2, 0.25) is 0 Å². The van der Waals surface area contributed by atoms with Crippen molar-refractivity contribution in [3.63, 3.8) is 0 Å². The summed E-state index contributed by atoms with van der Waals surface area (Å²) < 4.78 is 0. The molecule has 0 radical (unpaired) electrons. The average molecular weight is 312 g/mol. The van der Waals surface area contributed by atoms with Crippen LogP contribution in [0.25, 0.3) is 0 Å². The minimum absolute atomic E-state index is 0.677. The molecule has 0 amide bonds. The molecule has 1 fully saturated rings. The first kappa shape index (κ1) is 14.3. The number of halogens is 1. The molecule has 2 aromatic rings. The van der Waals surface area contributed by atoms with Gasteiger partial charge in [-0.2, -0.15) is 0 Å². The summed E-state index contributed by atoms with van der Waals surface area (Å²) in [4.78, 5) is 2.69. The lowest BCUT2D eigenvalue weighted by Gasteiger charge is -2.42. The van der Waals surface area contributed by atoms with Crippen molar-refractivity contribution in [3.05, 3.63) is 70.2 Å². The highest BCUT2D eigenvalue weighted by Gasteiger charge is 2.31. The van der Waals surface area contributed by atoms with Crippen LogP contribution in [0.4, 0.5) is 0 Å². The molecule has 2 atom stereocenters. The van der Waals surface area contributed by atoms with Gasteiger partial charge in [-0.1, -0.05) is 48.0 Å². The fourth-order valence-electron chi connectivity index (χ4n) is 4.16. The third-order valence-corrected chi connectivity index (χ3v) is 5.51. The second-order valence-electron chi connectivity index (χ2n) is 6.83. The Morgan fingerprint density at radius 1 is 0.955 bits per heavy atom. The Morgan fingerprint density at radius 3 is 2.59 bits per heavy atom. The molecule has 1 aliphatic carbocycles. The molecule has 1 saturated heterocycles. The first-order chi connectivity index (χ1) is 10.8. The van der Waals surface area contributed by atoms with Gasteiger partial charge in [0.1, 0.15) is 0 Å². The van der Waals surface area contributed by atoms with E-state index in [4.69, 9.17) is 11.6 Å². The Kier molecular flexibility index (Phi) is 3.94. The van der Waals surface area contributed by atoms with Gasteiger partial charge in [0.05, 0.1) is 0 Å². The molecule has 2 heterocycles. The molecule has 114 valence electrons. The van der Waals surface area contributed by atoms with Gasteiger partial charge in [-0.25, -0.2) is 0 Å². The quantitative estimate of drug-likeness (QED) is 0.775. The Hall–Kier alpha value is -1.31. The summed E-state index contributed by atoms with van der Waals surface area (Å²) in [6.07, 6.45) is 5.16. The van der Waals surface area contributed by atoms with Crippen molar-refractivity contribution < 1.29 is 0 Å². The fraction of sp³-hybridized carbons (Fsp3) is 0.400. The molecular weight excluding hydrogens is 290 g/mol. The molecular formula is C20H22ClN. The van der Waals surface area contributed by atoms with Gasteiger partial charge in [-0.05, 0) is 60.4 Å². The van der Waals surface area contributed by atoms with Crippen LogP contribution in [0.3, 0.4) is 0 Å². The van der Waals surface area contributed by atoms with E-state index in [-0.39, 0.29) is 0 Å². The van der Waals surface area contributed by atoms with E-state index in [0.717, 1.165) is 17.5 Å². The van der Waals surface area contributed by atoms with Crippen molar-refractivity contribution in [1.82, 2.24) is 4.90 Å². The minimum atomic E-state index is 0.677. The highest BCUT2D eigenvalue weighted by atomic mass is 35.5. The second-order valence-corrected chi connectivity index (χ2v) is 7.27. The summed E-state index contributed by atoms with van der Waals surface area (Å²) in [6, 6.07) is 18.1. The predicted octanol–water partition coefficient (Wildman–Crippen LogP) is 4.72. The van der Waals surface area contributed by atoms with Gasteiger partial charge in [0.25, 0.3) is 0 Å². The van der Waals surface area contributed by atoms with E-state index >= 15 is 0 Å². The maximum Gasteiger partial charge on any atom is 0.0409 e. The molecule has 2 aromatic carbocycles. The third kappa shape index (κ3) is 2.93. The molecule has 5 rings (SSSR count). The van der Waals surface area contributed by atoms with Gasteiger partial charge in [-0.3, -0.25) is 4.90 Å². The maximum absolute atomic E-state index is 6.15. The zero-order valence-electron chi connectivity index (χ0n) is 12.8. The first-order valence-corrected chi connectivity index (χ1v) is 8.71. The lowest BCUT2D eigenvalue weighted by Crippen LogP contribution is -2.46. The number of hydrogen-bond donors (Lipinski definition) is 0. The monoisotopic (exact) mass is 311 g/mol. The molecule has 2 aliphatic heterocycles. The van der Waals surface area contributed by atoms with Crippen LogP contribution in [0, 0.1) is 5.92 Å². The molecule has 0 saturated carbocycles. The van der Waals surface area contributed by atoms with Crippen molar-refractivity contribution >= 4 is 11.6 Å². The molecule has 0 spiro atoms. The number of rotatable bonds is 2. The normalized spacial score (nSPS) is 24.6. The lowest BCUT2D eigenvalue weighted by molar-refractivity contribution is 0.0938. The summed E-state index contributed by atoms with van der Waals surface area (Å²) in [7, 11) is 0. The predicted molar refractivity (Wildman–Crippen MR) is 92.2 cm³/mol. The van der Waals surface area contributed by atoms with E-state index in [1.54, 1.807) is 11.1 Å². The standard InChI is InChI=1S/C20H22ClN/c21-19-7-3-4-15(11-19)13-22-14-16-8-9-20(22)12-18-6-2-1-5-17(18)10-16/h1-7,11,16,20H,8-10,12-14H2/t16-,20+/m0/s1. The van der Waals surface area contributed by atoms with Crippen LogP contribution in [-0.4, -0.2) is 17.5 Å². The summed E-state index contributed by atoms with van der Waals surface area (Å²) in [5.74, 6) is 0.803. The van der Waals surface area contributed by atoms with Crippen LogP contribution >= 0.6 is 11.6 Å². The number of nitrogens with zero attached hydrogens (tertiary/aromatic N) is 1. The Labute approximate surface area is 137 Å².